The van der Waals surface area contributed by atoms with E-state index in [1.165, 1.54) is 29.5 Å². The first-order chi connectivity index (χ1) is 13.1. The van der Waals surface area contributed by atoms with E-state index in [0.29, 0.717) is 12.5 Å². The van der Waals surface area contributed by atoms with Crippen molar-refractivity contribution in [3.05, 3.63) is 59.2 Å². The van der Waals surface area contributed by atoms with Crippen LogP contribution in [0, 0.1) is 13.8 Å². The minimum Gasteiger partial charge on any atom is -0.497 e. The van der Waals surface area contributed by atoms with Crippen LogP contribution in [-0.4, -0.2) is 37.6 Å². The Morgan fingerprint density at radius 2 is 1.89 bits per heavy atom. The average molecular weight is 494 g/mol. The van der Waals surface area contributed by atoms with E-state index < -0.39 is 0 Å². The van der Waals surface area contributed by atoms with Crippen molar-refractivity contribution in [1.29, 1.82) is 0 Å². The van der Waals surface area contributed by atoms with Crippen LogP contribution in [0.1, 0.15) is 35.6 Å². The molecule has 0 aliphatic carbocycles. The summed E-state index contributed by atoms with van der Waals surface area (Å²) in [7, 11) is 1.70. The number of hydrogen-bond donors (Lipinski definition) is 2. The molecule has 1 saturated heterocycles. The van der Waals surface area contributed by atoms with Crippen molar-refractivity contribution >= 4 is 35.6 Å². The quantitative estimate of drug-likeness (QED) is 0.353. The molecule has 0 amide bonds. The molecule has 0 aromatic heterocycles. The van der Waals surface area contributed by atoms with E-state index in [1.807, 2.05) is 18.2 Å². The first kappa shape index (κ1) is 22.5. The molecule has 5 nitrogen and oxygen atoms in total. The molecule has 2 aromatic rings. The number of likely N-dealkylation sites (tertiary alicyclic amines) is 1. The number of aryl methyl sites for hydroxylation is 2. The van der Waals surface area contributed by atoms with Crippen molar-refractivity contribution in [3.8, 4) is 5.75 Å². The number of methoxy groups -OCH3 is 1. The van der Waals surface area contributed by atoms with Crippen LogP contribution in [0.15, 0.2) is 47.5 Å². The summed E-state index contributed by atoms with van der Waals surface area (Å²) in [6, 6.07) is 14.7. The van der Waals surface area contributed by atoms with Crippen molar-refractivity contribution in [2.45, 2.75) is 32.7 Å². The number of benzene rings is 2. The van der Waals surface area contributed by atoms with Gasteiger partial charge >= 0.3 is 0 Å². The fourth-order valence-corrected chi connectivity index (χ4v) is 3.53. The number of anilines is 1. The van der Waals surface area contributed by atoms with Gasteiger partial charge in [0, 0.05) is 5.69 Å². The van der Waals surface area contributed by atoms with Crippen molar-refractivity contribution in [1.82, 2.24) is 4.90 Å². The lowest BCUT2D eigenvalue weighted by atomic mass is 10.1. The lowest BCUT2D eigenvalue weighted by Crippen LogP contribution is -2.30. The maximum atomic E-state index is 6.17. The fraction of sp³-hybridized carbons (Fsp3) is 0.409. The SMILES string of the molecule is COc1cccc(C(CN=C(N)Nc2ccc(C)c(C)c2)N2CCCC2)c1.I. The van der Waals surface area contributed by atoms with Gasteiger partial charge in [-0.2, -0.15) is 0 Å². The number of nitrogens with zero attached hydrogens (tertiary/aromatic N) is 2. The Morgan fingerprint density at radius 3 is 2.57 bits per heavy atom. The number of rotatable bonds is 6. The van der Waals surface area contributed by atoms with Gasteiger partial charge in [-0.15, -0.1) is 24.0 Å². The number of nitrogens with two attached hydrogens (primary N) is 1. The zero-order valence-electron chi connectivity index (χ0n) is 16.9. The van der Waals surface area contributed by atoms with Gasteiger partial charge in [-0.25, -0.2) is 0 Å². The van der Waals surface area contributed by atoms with E-state index in [0.717, 1.165) is 24.5 Å². The van der Waals surface area contributed by atoms with Gasteiger partial charge in [0.2, 0.25) is 0 Å². The third-order valence-corrected chi connectivity index (χ3v) is 5.27. The topological polar surface area (TPSA) is 62.9 Å². The highest BCUT2D eigenvalue weighted by Crippen LogP contribution is 2.28. The van der Waals surface area contributed by atoms with E-state index in [2.05, 4.69) is 53.3 Å². The second kappa shape index (κ2) is 10.7. The third kappa shape index (κ3) is 5.85. The van der Waals surface area contributed by atoms with Crippen LogP contribution in [0.2, 0.25) is 0 Å². The Bertz CT molecular complexity index is 803. The fourth-order valence-electron chi connectivity index (χ4n) is 3.53. The number of nitrogens with one attached hydrogen (secondary N) is 1. The van der Waals surface area contributed by atoms with E-state index >= 15 is 0 Å². The first-order valence-electron chi connectivity index (χ1n) is 9.59. The van der Waals surface area contributed by atoms with Gasteiger partial charge in [0.05, 0.1) is 19.7 Å². The van der Waals surface area contributed by atoms with Crippen LogP contribution >= 0.6 is 24.0 Å². The molecule has 6 heteroatoms. The van der Waals surface area contributed by atoms with Crippen LogP contribution < -0.4 is 15.8 Å². The largest absolute Gasteiger partial charge is 0.497 e. The average Bonchev–Trinajstić information content (AvgIpc) is 3.19. The highest BCUT2D eigenvalue weighted by Gasteiger charge is 2.23. The number of ether oxygens (including phenoxy) is 1. The Labute approximate surface area is 185 Å². The van der Waals surface area contributed by atoms with Crippen molar-refractivity contribution in [3.63, 3.8) is 0 Å². The van der Waals surface area contributed by atoms with E-state index in [4.69, 9.17) is 10.5 Å². The Morgan fingerprint density at radius 1 is 1.14 bits per heavy atom. The molecule has 1 aliphatic heterocycles. The van der Waals surface area contributed by atoms with Gasteiger partial charge < -0.3 is 15.8 Å². The van der Waals surface area contributed by atoms with Crippen molar-refractivity contribution in [2.24, 2.45) is 10.7 Å². The molecule has 28 heavy (non-hydrogen) atoms. The molecule has 152 valence electrons. The highest BCUT2D eigenvalue weighted by atomic mass is 127. The molecule has 1 heterocycles. The maximum absolute atomic E-state index is 6.17. The van der Waals surface area contributed by atoms with Gasteiger partial charge in [0.15, 0.2) is 5.96 Å². The third-order valence-electron chi connectivity index (χ3n) is 5.27. The summed E-state index contributed by atoms with van der Waals surface area (Å²) >= 11 is 0. The van der Waals surface area contributed by atoms with Crippen LogP contribution in [0.25, 0.3) is 0 Å². The highest BCUT2D eigenvalue weighted by molar-refractivity contribution is 14.0. The molecule has 3 N–H and O–H groups in total. The number of aliphatic imine (C=N–C) groups is 1. The smallest absolute Gasteiger partial charge is 0.193 e. The van der Waals surface area contributed by atoms with Crippen LogP contribution in [0.3, 0.4) is 0 Å². The lowest BCUT2D eigenvalue weighted by molar-refractivity contribution is 0.251. The van der Waals surface area contributed by atoms with E-state index in [9.17, 15) is 0 Å². The van der Waals surface area contributed by atoms with E-state index in [1.54, 1.807) is 7.11 Å². The molecule has 1 fully saturated rings. The number of guanidine groups is 1. The minimum absolute atomic E-state index is 0. The number of halogens is 1. The molecule has 0 radical (unpaired) electrons. The molecule has 1 aliphatic rings. The molecule has 0 saturated carbocycles. The standard InChI is InChI=1S/C22H30N4O.HI/c1-16-9-10-19(13-17(16)2)25-22(23)24-15-21(26-11-4-5-12-26)18-7-6-8-20(14-18)27-3;/h6-10,13-14,21H,4-5,11-12,15H2,1-3H3,(H3,23,24,25);1H. The monoisotopic (exact) mass is 494 g/mol. The van der Waals surface area contributed by atoms with Crippen LogP contribution in [0.4, 0.5) is 5.69 Å². The molecule has 0 bridgehead atoms. The summed E-state index contributed by atoms with van der Waals surface area (Å²) < 4.78 is 5.40. The summed E-state index contributed by atoms with van der Waals surface area (Å²) in [6.07, 6.45) is 2.47. The van der Waals surface area contributed by atoms with Gasteiger partial charge in [-0.1, -0.05) is 18.2 Å². The lowest BCUT2D eigenvalue weighted by Gasteiger charge is -2.27. The molecular weight excluding hydrogens is 463 g/mol. The van der Waals surface area contributed by atoms with Crippen LogP contribution in [0.5, 0.6) is 5.75 Å². The molecule has 2 aromatic carbocycles. The zero-order valence-corrected chi connectivity index (χ0v) is 19.3. The summed E-state index contributed by atoms with van der Waals surface area (Å²) in [6.45, 7) is 7.02. The molecule has 1 atom stereocenters. The second-order valence-corrected chi connectivity index (χ2v) is 7.19. The Kier molecular flexibility index (Phi) is 8.57. The minimum atomic E-state index is 0. The molecule has 1 unspecified atom stereocenters. The maximum Gasteiger partial charge on any atom is 0.193 e. The summed E-state index contributed by atoms with van der Waals surface area (Å²) in [4.78, 5) is 7.14. The van der Waals surface area contributed by atoms with Gasteiger partial charge in [-0.05, 0) is 80.7 Å². The Hall–Kier alpha value is -1.80. The molecular formula is C22H31IN4O. The zero-order chi connectivity index (χ0) is 19.2. The normalized spacial score (nSPS) is 15.8. The molecule has 0 spiro atoms. The predicted molar refractivity (Wildman–Crippen MR) is 128 cm³/mol. The first-order valence-corrected chi connectivity index (χ1v) is 9.59. The van der Waals surface area contributed by atoms with Crippen molar-refractivity contribution in [2.75, 3.05) is 32.1 Å². The Balaban J connectivity index is 0.00000280. The molecule has 3 rings (SSSR count). The second-order valence-electron chi connectivity index (χ2n) is 7.19. The summed E-state index contributed by atoms with van der Waals surface area (Å²) in [5, 5.41) is 3.21. The van der Waals surface area contributed by atoms with Gasteiger partial charge in [-0.3, -0.25) is 9.89 Å². The summed E-state index contributed by atoms with van der Waals surface area (Å²) in [5.41, 5.74) is 10.9. The van der Waals surface area contributed by atoms with Crippen molar-refractivity contribution < 1.29 is 4.74 Å². The van der Waals surface area contributed by atoms with Gasteiger partial charge in [0.1, 0.15) is 5.75 Å². The summed E-state index contributed by atoms with van der Waals surface area (Å²) in [5.74, 6) is 1.33. The van der Waals surface area contributed by atoms with Gasteiger partial charge in [0.25, 0.3) is 0 Å². The van der Waals surface area contributed by atoms with Crippen LogP contribution in [-0.2, 0) is 0 Å². The number of hydrogen-bond acceptors (Lipinski definition) is 3. The van der Waals surface area contributed by atoms with E-state index in [-0.39, 0.29) is 30.0 Å². The predicted octanol–water partition coefficient (Wildman–Crippen LogP) is 4.49.